The smallest absolute Gasteiger partial charge is 0.152 e. The number of ether oxygens (including phenoxy) is 1. The van der Waals surface area contributed by atoms with Gasteiger partial charge < -0.3 is 4.74 Å². The number of hydrogen-bond acceptors (Lipinski definition) is 3. The minimum Gasteiger partial charge on any atom is -0.488 e. The van der Waals surface area contributed by atoms with E-state index in [1.54, 1.807) is 6.08 Å². The van der Waals surface area contributed by atoms with E-state index in [4.69, 9.17) is 15.3 Å². The van der Waals surface area contributed by atoms with Gasteiger partial charge in [-0.05, 0) is 17.7 Å². The van der Waals surface area contributed by atoms with Crippen molar-refractivity contribution in [2.45, 2.75) is 6.10 Å². The first-order valence-corrected chi connectivity index (χ1v) is 5.45. The van der Waals surface area contributed by atoms with Gasteiger partial charge >= 0.3 is 0 Å². The van der Waals surface area contributed by atoms with Crippen molar-refractivity contribution in [2.24, 2.45) is 0 Å². The van der Waals surface area contributed by atoms with Gasteiger partial charge in [0, 0.05) is 0 Å². The fraction of sp³-hybridized carbons (Fsp3) is 0.0667. The van der Waals surface area contributed by atoms with Gasteiger partial charge in [-0.2, -0.15) is 10.5 Å². The van der Waals surface area contributed by atoms with Crippen LogP contribution < -0.4 is 0 Å². The topological polar surface area (TPSA) is 56.8 Å². The summed E-state index contributed by atoms with van der Waals surface area (Å²) in [6.07, 6.45) is 6.10. The van der Waals surface area contributed by atoms with Crippen LogP contribution in [0.15, 0.2) is 59.9 Å². The van der Waals surface area contributed by atoms with Gasteiger partial charge in [-0.15, -0.1) is 0 Å². The first-order valence-electron chi connectivity index (χ1n) is 5.45. The molecule has 0 bridgehead atoms. The van der Waals surface area contributed by atoms with Crippen LogP contribution in [-0.2, 0) is 4.74 Å². The molecule has 1 aliphatic rings. The highest BCUT2D eigenvalue weighted by atomic mass is 16.5. The average molecular weight is 234 g/mol. The summed E-state index contributed by atoms with van der Waals surface area (Å²) in [5.74, 6) is 0. The minimum absolute atomic E-state index is 0.340. The van der Waals surface area contributed by atoms with E-state index in [1.165, 1.54) is 12.3 Å². The van der Waals surface area contributed by atoms with Crippen molar-refractivity contribution in [3.8, 4) is 12.1 Å². The molecule has 0 saturated carbocycles. The Balaban J connectivity index is 2.24. The Bertz CT molecular complexity index is 598. The summed E-state index contributed by atoms with van der Waals surface area (Å²) in [6.45, 7) is 0. The molecule has 0 saturated heterocycles. The standard InChI is InChI=1S/C15H10N2O/c16-10-13-8-9-18-15(14(13)11-17)7-6-12-4-2-1-3-5-12/h1-9,15H. The molecule has 1 atom stereocenters. The molecule has 1 unspecified atom stereocenters. The Morgan fingerprint density at radius 3 is 2.56 bits per heavy atom. The quantitative estimate of drug-likeness (QED) is 0.790. The second kappa shape index (κ2) is 5.52. The highest BCUT2D eigenvalue weighted by Gasteiger charge is 2.18. The average Bonchev–Trinajstić information content (AvgIpc) is 2.45. The third kappa shape index (κ3) is 2.48. The van der Waals surface area contributed by atoms with Gasteiger partial charge in [-0.1, -0.05) is 36.4 Å². The molecule has 0 amide bonds. The third-order valence-corrected chi connectivity index (χ3v) is 2.54. The van der Waals surface area contributed by atoms with E-state index in [-0.39, 0.29) is 0 Å². The summed E-state index contributed by atoms with van der Waals surface area (Å²) >= 11 is 0. The van der Waals surface area contributed by atoms with Crippen molar-refractivity contribution in [1.29, 1.82) is 10.5 Å². The van der Waals surface area contributed by atoms with Crippen LogP contribution in [0.25, 0.3) is 6.08 Å². The highest BCUT2D eigenvalue weighted by molar-refractivity contribution is 5.55. The van der Waals surface area contributed by atoms with Crippen molar-refractivity contribution in [3.63, 3.8) is 0 Å². The molecule has 1 aliphatic heterocycles. The van der Waals surface area contributed by atoms with Gasteiger partial charge in [0.1, 0.15) is 12.1 Å². The summed E-state index contributed by atoms with van der Waals surface area (Å²) < 4.78 is 5.34. The minimum atomic E-state index is -0.491. The van der Waals surface area contributed by atoms with Crippen molar-refractivity contribution in [2.75, 3.05) is 0 Å². The molecular weight excluding hydrogens is 224 g/mol. The van der Waals surface area contributed by atoms with Crippen LogP contribution in [-0.4, -0.2) is 6.10 Å². The molecule has 0 N–H and O–H groups in total. The van der Waals surface area contributed by atoms with Crippen LogP contribution in [0.3, 0.4) is 0 Å². The summed E-state index contributed by atoms with van der Waals surface area (Å²) in [6, 6.07) is 13.7. The van der Waals surface area contributed by atoms with Gasteiger partial charge in [-0.25, -0.2) is 0 Å². The van der Waals surface area contributed by atoms with Gasteiger partial charge in [-0.3, -0.25) is 0 Å². The maximum atomic E-state index is 9.05. The normalized spacial score (nSPS) is 18.2. The third-order valence-electron chi connectivity index (χ3n) is 2.54. The van der Waals surface area contributed by atoms with Gasteiger partial charge in [0.25, 0.3) is 0 Å². The van der Waals surface area contributed by atoms with Crippen LogP contribution in [0.1, 0.15) is 5.56 Å². The van der Waals surface area contributed by atoms with E-state index < -0.39 is 6.10 Å². The Morgan fingerprint density at radius 1 is 1.11 bits per heavy atom. The fourth-order valence-electron chi connectivity index (χ4n) is 1.63. The largest absolute Gasteiger partial charge is 0.488 e. The summed E-state index contributed by atoms with van der Waals surface area (Å²) in [5.41, 5.74) is 1.71. The summed E-state index contributed by atoms with van der Waals surface area (Å²) in [4.78, 5) is 0. The Hall–Kier alpha value is -2.78. The van der Waals surface area contributed by atoms with E-state index in [1.807, 2.05) is 48.5 Å². The molecule has 1 heterocycles. The van der Waals surface area contributed by atoms with E-state index in [9.17, 15) is 0 Å². The van der Waals surface area contributed by atoms with E-state index in [2.05, 4.69) is 0 Å². The molecule has 0 aromatic heterocycles. The number of rotatable bonds is 2. The summed E-state index contributed by atoms with van der Waals surface area (Å²) in [7, 11) is 0. The number of benzene rings is 1. The first kappa shape index (κ1) is 11.7. The zero-order valence-electron chi connectivity index (χ0n) is 9.58. The van der Waals surface area contributed by atoms with Crippen LogP contribution in [0.4, 0.5) is 0 Å². The summed E-state index contributed by atoms with van der Waals surface area (Å²) in [5, 5.41) is 18.0. The van der Waals surface area contributed by atoms with Gasteiger partial charge in [0.15, 0.2) is 6.10 Å². The molecule has 86 valence electrons. The Kier molecular flexibility index (Phi) is 3.59. The SMILES string of the molecule is N#CC1=C(C#N)C(C=Cc2ccccc2)OC=C1. The lowest BCUT2D eigenvalue weighted by molar-refractivity contribution is 0.217. The highest BCUT2D eigenvalue weighted by Crippen LogP contribution is 2.20. The van der Waals surface area contributed by atoms with Crippen molar-refractivity contribution >= 4 is 6.08 Å². The fourth-order valence-corrected chi connectivity index (χ4v) is 1.63. The van der Waals surface area contributed by atoms with Crippen molar-refractivity contribution in [3.05, 3.63) is 65.5 Å². The molecule has 1 aromatic rings. The van der Waals surface area contributed by atoms with Crippen LogP contribution >= 0.6 is 0 Å². The predicted molar refractivity (Wildman–Crippen MR) is 67.7 cm³/mol. The molecule has 0 aliphatic carbocycles. The van der Waals surface area contributed by atoms with Gasteiger partial charge in [0.05, 0.1) is 17.4 Å². The Morgan fingerprint density at radius 2 is 1.89 bits per heavy atom. The zero-order valence-corrected chi connectivity index (χ0v) is 9.58. The van der Waals surface area contributed by atoms with Crippen molar-refractivity contribution < 1.29 is 4.74 Å². The second-order valence-corrected chi connectivity index (χ2v) is 3.68. The van der Waals surface area contributed by atoms with Crippen LogP contribution in [0.5, 0.6) is 0 Å². The van der Waals surface area contributed by atoms with Crippen molar-refractivity contribution in [1.82, 2.24) is 0 Å². The lowest BCUT2D eigenvalue weighted by atomic mass is 10.0. The van der Waals surface area contributed by atoms with Crippen LogP contribution in [0, 0.1) is 22.7 Å². The van der Waals surface area contributed by atoms with E-state index >= 15 is 0 Å². The van der Waals surface area contributed by atoms with E-state index in [0.717, 1.165) is 5.56 Å². The molecule has 18 heavy (non-hydrogen) atoms. The number of nitrogens with zero attached hydrogens (tertiary/aromatic N) is 2. The number of allylic oxidation sites excluding steroid dienone is 2. The predicted octanol–water partition coefficient (Wildman–Crippen LogP) is 2.96. The lowest BCUT2D eigenvalue weighted by Gasteiger charge is -2.15. The molecule has 0 radical (unpaired) electrons. The molecule has 3 heteroatoms. The molecule has 0 spiro atoms. The number of hydrogen-bond donors (Lipinski definition) is 0. The lowest BCUT2D eigenvalue weighted by Crippen LogP contribution is -2.13. The first-order chi connectivity index (χ1) is 8.85. The second-order valence-electron chi connectivity index (χ2n) is 3.68. The van der Waals surface area contributed by atoms with Gasteiger partial charge in [0.2, 0.25) is 0 Å². The number of nitriles is 2. The zero-order chi connectivity index (χ0) is 12.8. The maximum Gasteiger partial charge on any atom is 0.152 e. The van der Waals surface area contributed by atoms with E-state index in [0.29, 0.717) is 11.1 Å². The maximum absolute atomic E-state index is 9.05. The molecule has 2 rings (SSSR count). The van der Waals surface area contributed by atoms with Crippen LogP contribution in [0.2, 0.25) is 0 Å². The molecule has 1 aromatic carbocycles. The molecule has 3 nitrogen and oxygen atoms in total. The Labute approximate surface area is 106 Å². The molecule has 0 fully saturated rings. The molecular formula is C15H10N2O. The monoisotopic (exact) mass is 234 g/mol.